The predicted molar refractivity (Wildman–Crippen MR) is 102 cm³/mol. The molecule has 3 rings (SSSR count). The number of alkyl halides is 3. The van der Waals surface area contributed by atoms with Crippen LogP contribution in [0.2, 0.25) is 0 Å². The number of hydrogen-bond donors (Lipinski definition) is 0. The number of nitrogens with zero attached hydrogens (tertiary/aromatic N) is 2. The van der Waals surface area contributed by atoms with Crippen molar-refractivity contribution in [3.63, 3.8) is 0 Å². The number of rotatable bonds is 4. The van der Waals surface area contributed by atoms with Crippen LogP contribution in [-0.4, -0.2) is 16.1 Å². The van der Waals surface area contributed by atoms with E-state index in [1.54, 1.807) is 6.07 Å². The topological polar surface area (TPSA) is 80.5 Å². The maximum absolute atomic E-state index is 12.9. The fraction of sp³-hybridized carbons (Fsp3) is 0.0526. The van der Waals surface area contributed by atoms with Gasteiger partial charge in [-0.15, -0.1) is 0 Å². The van der Waals surface area contributed by atoms with E-state index in [2.05, 4.69) is 0 Å². The monoisotopic (exact) mass is 420 g/mol. The van der Waals surface area contributed by atoms with E-state index in [-0.39, 0.29) is 16.3 Å². The van der Waals surface area contributed by atoms with E-state index in [4.69, 9.17) is 0 Å². The van der Waals surface area contributed by atoms with Crippen LogP contribution in [0.1, 0.15) is 11.1 Å². The number of benzene rings is 2. The quantitative estimate of drug-likeness (QED) is 0.375. The van der Waals surface area contributed by atoms with Gasteiger partial charge in [-0.05, 0) is 48.2 Å². The van der Waals surface area contributed by atoms with Crippen LogP contribution in [0.25, 0.3) is 6.08 Å². The highest BCUT2D eigenvalue weighted by Crippen LogP contribution is 2.37. The molecule has 1 heterocycles. The second-order valence-electron chi connectivity index (χ2n) is 5.76. The first kappa shape index (κ1) is 20.3. The molecule has 29 heavy (non-hydrogen) atoms. The molecule has 0 bridgehead atoms. The van der Waals surface area contributed by atoms with E-state index < -0.39 is 27.8 Å². The van der Waals surface area contributed by atoms with E-state index in [1.165, 1.54) is 42.5 Å². The van der Waals surface area contributed by atoms with Crippen molar-refractivity contribution < 1.29 is 27.7 Å². The average Bonchev–Trinajstić information content (AvgIpc) is 2.95. The summed E-state index contributed by atoms with van der Waals surface area (Å²) < 4.78 is 38.6. The van der Waals surface area contributed by atoms with Crippen molar-refractivity contribution in [1.82, 2.24) is 0 Å². The van der Waals surface area contributed by atoms with Crippen LogP contribution in [0.15, 0.2) is 65.6 Å². The summed E-state index contributed by atoms with van der Waals surface area (Å²) in [5.41, 5.74) is -0.997. The van der Waals surface area contributed by atoms with Crippen LogP contribution in [0.4, 0.5) is 29.3 Å². The number of nitro benzene ring substituents is 1. The Kier molecular flexibility index (Phi) is 5.55. The summed E-state index contributed by atoms with van der Waals surface area (Å²) in [5.74, 6) is -0.772. The fourth-order valence-corrected chi connectivity index (χ4v) is 3.35. The molecule has 0 atom stereocenters. The highest BCUT2D eigenvalue weighted by atomic mass is 32.2. The van der Waals surface area contributed by atoms with Gasteiger partial charge in [-0.2, -0.15) is 13.2 Å². The number of carbonyl (C=O) groups excluding carboxylic acids is 2. The van der Waals surface area contributed by atoms with Crippen LogP contribution < -0.4 is 4.90 Å². The van der Waals surface area contributed by atoms with Gasteiger partial charge in [0.05, 0.1) is 26.6 Å². The molecule has 0 saturated carbocycles. The molecule has 0 aromatic heterocycles. The number of allylic oxidation sites excluding steroid dienone is 2. The third-order valence-electron chi connectivity index (χ3n) is 3.88. The summed E-state index contributed by atoms with van der Waals surface area (Å²) in [6.45, 7) is 0. The van der Waals surface area contributed by atoms with Gasteiger partial charge in [0.2, 0.25) is 0 Å². The Balaban J connectivity index is 1.85. The van der Waals surface area contributed by atoms with Crippen molar-refractivity contribution in [3.8, 4) is 0 Å². The Morgan fingerprint density at radius 1 is 1.07 bits per heavy atom. The Morgan fingerprint density at radius 3 is 2.48 bits per heavy atom. The van der Waals surface area contributed by atoms with Crippen LogP contribution in [0, 0.1) is 10.1 Å². The molecule has 0 radical (unpaired) electrons. The van der Waals surface area contributed by atoms with Crippen molar-refractivity contribution >= 4 is 40.4 Å². The third kappa shape index (κ3) is 4.37. The zero-order chi connectivity index (χ0) is 21.2. The fourth-order valence-electron chi connectivity index (χ4n) is 2.56. The lowest BCUT2D eigenvalue weighted by molar-refractivity contribution is -0.385. The number of para-hydroxylation sites is 1. The number of hydrogen-bond acceptors (Lipinski definition) is 5. The van der Waals surface area contributed by atoms with Crippen molar-refractivity contribution in [1.29, 1.82) is 0 Å². The van der Waals surface area contributed by atoms with Gasteiger partial charge in [0.25, 0.3) is 16.8 Å². The molecule has 1 aliphatic rings. The minimum Gasteiger partial charge on any atom is -0.268 e. The maximum atomic E-state index is 12.9. The summed E-state index contributed by atoms with van der Waals surface area (Å²) in [7, 11) is 0. The zero-order valence-corrected chi connectivity index (χ0v) is 15.2. The van der Waals surface area contributed by atoms with Gasteiger partial charge in [-0.3, -0.25) is 19.7 Å². The number of nitro groups is 1. The predicted octanol–water partition coefficient (Wildman–Crippen LogP) is 5.41. The minimum atomic E-state index is -4.61. The molecule has 2 aromatic carbocycles. The van der Waals surface area contributed by atoms with Crippen LogP contribution in [0.5, 0.6) is 0 Å². The molecule has 1 fully saturated rings. The van der Waals surface area contributed by atoms with Crippen molar-refractivity contribution in [2.24, 2.45) is 0 Å². The van der Waals surface area contributed by atoms with Gasteiger partial charge < -0.3 is 0 Å². The Morgan fingerprint density at radius 2 is 1.79 bits per heavy atom. The number of amides is 2. The van der Waals surface area contributed by atoms with Gasteiger partial charge in [-0.1, -0.05) is 24.3 Å². The molecule has 0 unspecified atom stereocenters. The molecule has 1 saturated heterocycles. The molecular weight excluding hydrogens is 409 g/mol. The summed E-state index contributed by atoms with van der Waals surface area (Å²) >= 11 is 0.568. The largest absolute Gasteiger partial charge is 0.416 e. The second-order valence-corrected chi connectivity index (χ2v) is 6.76. The van der Waals surface area contributed by atoms with Gasteiger partial charge in [-0.25, -0.2) is 4.90 Å². The Labute approximate surface area is 166 Å². The first-order valence-corrected chi connectivity index (χ1v) is 8.85. The lowest BCUT2D eigenvalue weighted by Crippen LogP contribution is -2.28. The number of anilines is 1. The number of thioether (sulfide) groups is 1. The van der Waals surface area contributed by atoms with Crippen molar-refractivity contribution in [3.05, 3.63) is 86.8 Å². The molecule has 0 spiro atoms. The molecule has 6 nitrogen and oxygen atoms in total. The van der Waals surface area contributed by atoms with Crippen molar-refractivity contribution in [2.75, 3.05) is 4.90 Å². The number of carbonyl (C=O) groups is 2. The molecule has 2 aromatic rings. The van der Waals surface area contributed by atoms with Crippen LogP contribution in [-0.2, 0) is 11.0 Å². The van der Waals surface area contributed by atoms with Gasteiger partial charge in [0.15, 0.2) is 0 Å². The number of imide groups is 1. The SMILES string of the molecule is O=C1S/C(=C\C=C\c2ccccc2[N+](=O)[O-])C(=O)N1c1cccc(C(F)(F)F)c1. The van der Waals surface area contributed by atoms with E-state index in [0.29, 0.717) is 22.2 Å². The standard InChI is InChI=1S/C19H11F3N2O4S/c20-19(21,22)13-7-4-8-14(11-13)23-17(25)16(29-18(23)26)10-3-6-12-5-1-2-9-15(12)24(27)28/h1-11H/b6-3+,16-10-. The van der Waals surface area contributed by atoms with E-state index >= 15 is 0 Å². The summed E-state index contributed by atoms with van der Waals surface area (Å²) in [6, 6.07) is 9.86. The van der Waals surface area contributed by atoms with Gasteiger partial charge in [0, 0.05) is 6.07 Å². The average molecular weight is 420 g/mol. The summed E-state index contributed by atoms with van der Waals surface area (Å²) in [5, 5.41) is 10.3. The second kappa shape index (κ2) is 7.92. The van der Waals surface area contributed by atoms with Crippen LogP contribution in [0.3, 0.4) is 0 Å². The molecule has 2 amide bonds. The highest BCUT2D eigenvalue weighted by Gasteiger charge is 2.37. The molecule has 10 heteroatoms. The Hall–Kier alpha value is -3.40. The first-order chi connectivity index (χ1) is 13.7. The van der Waals surface area contributed by atoms with Gasteiger partial charge in [0.1, 0.15) is 0 Å². The lowest BCUT2D eigenvalue weighted by atomic mass is 10.1. The van der Waals surface area contributed by atoms with E-state index in [9.17, 15) is 32.9 Å². The normalized spacial score (nSPS) is 16.2. The maximum Gasteiger partial charge on any atom is 0.416 e. The van der Waals surface area contributed by atoms with E-state index in [0.717, 1.165) is 18.2 Å². The molecule has 0 aliphatic carbocycles. The minimum absolute atomic E-state index is 0.0118. The highest BCUT2D eigenvalue weighted by molar-refractivity contribution is 8.18. The first-order valence-electron chi connectivity index (χ1n) is 8.04. The van der Waals surface area contributed by atoms with Gasteiger partial charge >= 0.3 is 6.18 Å². The van der Waals surface area contributed by atoms with E-state index in [1.807, 2.05) is 0 Å². The smallest absolute Gasteiger partial charge is 0.268 e. The summed E-state index contributed by atoms with van der Waals surface area (Å²) in [6.07, 6.45) is -0.558. The molecule has 148 valence electrons. The third-order valence-corrected chi connectivity index (χ3v) is 4.77. The van der Waals surface area contributed by atoms with Crippen LogP contribution >= 0.6 is 11.8 Å². The molecule has 0 N–H and O–H groups in total. The number of halogens is 3. The molecular formula is C19H11F3N2O4S. The molecule has 1 aliphatic heterocycles. The summed E-state index contributed by atoms with van der Waals surface area (Å²) in [4.78, 5) is 35.7. The zero-order valence-electron chi connectivity index (χ0n) is 14.4. The Bertz CT molecular complexity index is 1060. The van der Waals surface area contributed by atoms with Crippen molar-refractivity contribution in [2.45, 2.75) is 6.18 Å². The lowest BCUT2D eigenvalue weighted by Gasteiger charge is -2.14.